The molecule has 1 aromatic heterocycles. The number of rotatable bonds is 9. The van der Waals surface area contributed by atoms with Crippen LogP contribution < -0.4 is 16.4 Å². The van der Waals surface area contributed by atoms with Crippen LogP contribution in [0.25, 0.3) is 10.8 Å². The SMILES string of the molecule is CCC(CN1CC[C@@H](CNC(=O)c2ccc3cc(Cl)ccc3c2)NC(CCN)C1=O)c1ccsc1. The molecule has 35 heavy (non-hydrogen) atoms. The molecule has 0 radical (unpaired) electrons. The van der Waals surface area contributed by atoms with Crippen molar-refractivity contribution in [2.45, 2.75) is 44.2 Å². The summed E-state index contributed by atoms with van der Waals surface area (Å²) >= 11 is 7.75. The van der Waals surface area contributed by atoms with E-state index in [1.807, 2.05) is 41.3 Å². The first kappa shape index (κ1) is 25.6. The van der Waals surface area contributed by atoms with Crippen molar-refractivity contribution in [1.29, 1.82) is 0 Å². The van der Waals surface area contributed by atoms with Gasteiger partial charge in [0.05, 0.1) is 6.04 Å². The molecule has 0 saturated carbocycles. The summed E-state index contributed by atoms with van der Waals surface area (Å²) in [4.78, 5) is 28.2. The van der Waals surface area contributed by atoms with E-state index in [-0.39, 0.29) is 23.9 Å². The number of hydrogen-bond acceptors (Lipinski definition) is 5. The summed E-state index contributed by atoms with van der Waals surface area (Å²) < 4.78 is 0. The summed E-state index contributed by atoms with van der Waals surface area (Å²) in [6.45, 7) is 4.40. The first-order valence-electron chi connectivity index (χ1n) is 12.2. The molecule has 8 heteroatoms. The normalized spacial score (nSPS) is 19.5. The van der Waals surface area contributed by atoms with E-state index in [0.717, 1.165) is 23.6 Å². The van der Waals surface area contributed by atoms with E-state index >= 15 is 0 Å². The first-order valence-corrected chi connectivity index (χ1v) is 13.5. The zero-order valence-electron chi connectivity index (χ0n) is 20.0. The van der Waals surface area contributed by atoms with E-state index in [0.29, 0.717) is 49.1 Å². The molecule has 2 unspecified atom stereocenters. The number of benzene rings is 2. The molecule has 2 amide bonds. The smallest absolute Gasteiger partial charge is 0.251 e. The lowest BCUT2D eigenvalue weighted by Crippen LogP contribution is -2.49. The van der Waals surface area contributed by atoms with E-state index in [4.69, 9.17) is 17.3 Å². The van der Waals surface area contributed by atoms with Crippen molar-refractivity contribution < 1.29 is 9.59 Å². The molecule has 4 N–H and O–H groups in total. The Balaban J connectivity index is 1.40. The number of amides is 2. The van der Waals surface area contributed by atoms with E-state index in [9.17, 15) is 9.59 Å². The van der Waals surface area contributed by atoms with Crippen LogP contribution in [0.4, 0.5) is 0 Å². The van der Waals surface area contributed by atoms with Gasteiger partial charge in [-0.2, -0.15) is 11.3 Å². The number of thiophene rings is 1. The maximum Gasteiger partial charge on any atom is 0.251 e. The minimum Gasteiger partial charge on any atom is -0.350 e. The van der Waals surface area contributed by atoms with Gasteiger partial charge in [-0.1, -0.05) is 30.7 Å². The lowest BCUT2D eigenvalue weighted by atomic mass is 9.98. The molecule has 2 aromatic carbocycles. The Morgan fingerprint density at radius 1 is 1.26 bits per heavy atom. The number of carbonyl (C=O) groups is 2. The Hall–Kier alpha value is -2.45. The molecule has 1 fully saturated rings. The quantitative estimate of drug-likeness (QED) is 0.397. The van der Waals surface area contributed by atoms with Gasteiger partial charge in [-0.05, 0) is 83.2 Å². The maximum absolute atomic E-state index is 13.3. The van der Waals surface area contributed by atoms with Gasteiger partial charge in [0.2, 0.25) is 5.91 Å². The summed E-state index contributed by atoms with van der Waals surface area (Å²) in [6.07, 6.45) is 2.32. The van der Waals surface area contributed by atoms with Gasteiger partial charge in [0.15, 0.2) is 0 Å². The van der Waals surface area contributed by atoms with Crippen molar-refractivity contribution in [1.82, 2.24) is 15.5 Å². The average molecular weight is 513 g/mol. The maximum atomic E-state index is 13.3. The molecule has 1 aliphatic heterocycles. The van der Waals surface area contributed by atoms with Crippen LogP contribution in [0.2, 0.25) is 5.02 Å². The van der Waals surface area contributed by atoms with Crippen molar-refractivity contribution >= 4 is 45.5 Å². The Morgan fingerprint density at radius 2 is 2.06 bits per heavy atom. The monoisotopic (exact) mass is 512 g/mol. The molecule has 2 heterocycles. The molecular formula is C27H33ClN4O2S. The van der Waals surface area contributed by atoms with Crippen molar-refractivity contribution in [3.05, 3.63) is 69.4 Å². The first-order chi connectivity index (χ1) is 17.0. The molecule has 0 spiro atoms. The molecule has 1 aliphatic rings. The van der Waals surface area contributed by atoms with Gasteiger partial charge in [0, 0.05) is 42.2 Å². The van der Waals surface area contributed by atoms with Crippen molar-refractivity contribution in [2.75, 3.05) is 26.2 Å². The lowest BCUT2D eigenvalue weighted by molar-refractivity contribution is -0.133. The summed E-state index contributed by atoms with van der Waals surface area (Å²) in [5.41, 5.74) is 7.73. The van der Waals surface area contributed by atoms with Crippen LogP contribution in [0.15, 0.2) is 53.2 Å². The number of nitrogens with two attached hydrogens (primary N) is 1. The minimum atomic E-state index is -0.338. The summed E-state index contributed by atoms with van der Waals surface area (Å²) in [6, 6.07) is 13.0. The zero-order valence-corrected chi connectivity index (χ0v) is 21.6. The molecule has 0 bridgehead atoms. The Bertz CT molecular complexity index is 1150. The fourth-order valence-corrected chi connectivity index (χ4v) is 5.64. The summed E-state index contributed by atoms with van der Waals surface area (Å²) in [7, 11) is 0. The minimum absolute atomic E-state index is 0.00932. The molecule has 3 aromatic rings. The topological polar surface area (TPSA) is 87.5 Å². The number of fused-ring (bicyclic) bond motifs is 1. The highest BCUT2D eigenvalue weighted by molar-refractivity contribution is 7.08. The van der Waals surface area contributed by atoms with Gasteiger partial charge in [-0.25, -0.2) is 0 Å². The number of hydrogen-bond donors (Lipinski definition) is 3. The number of nitrogens with one attached hydrogen (secondary N) is 2. The van der Waals surface area contributed by atoms with Crippen LogP contribution in [-0.2, 0) is 4.79 Å². The lowest BCUT2D eigenvalue weighted by Gasteiger charge is -2.28. The third-order valence-electron chi connectivity index (χ3n) is 6.77. The molecule has 4 rings (SSSR count). The van der Waals surface area contributed by atoms with Crippen LogP contribution in [0, 0.1) is 0 Å². The van der Waals surface area contributed by atoms with E-state index < -0.39 is 0 Å². The average Bonchev–Trinajstić information content (AvgIpc) is 3.36. The second-order valence-electron chi connectivity index (χ2n) is 9.14. The van der Waals surface area contributed by atoms with Crippen LogP contribution in [-0.4, -0.2) is 55.0 Å². The fourth-order valence-electron chi connectivity index (χ4n) is 4.72. The zero-order chi connectivity index (χ0) is 24.8. The Kier molecular flexibility index (Phi) is 8.78. The summed E-state index contributed by atoms with van der Waals surface area (Å²) in [5, 5.41) is 13.4. The highest BCUT2D eigenvalue weighted by Crippen LogP contribution is 2.25. The van der Waals surface area contributed by atoms with Crippen LogP contribution in [0.5, 0.6) is 0 Å². The predicted molar refractivity (Wildman–Crippen MR) is 144 cm³/mol. The highest BCUT2D eigenvalue weighted by atomic mass is 35.5. The van der Waals surface area contributed by atoms with Gasteiger partial charge in [0.1, 0.15) is 0 Å². The summed E-state index contributed by atoms with van der Waals surface area (Å²) in [5.74, 6) is 0.295. The van der Waals surface area contributed by atoms with Crippen molar-refractivity contribution in [3.8, 4) is 0 Å². The Labute approximate surface area is 215 Å². The molecule has 186 valence electrons. The second kappa shape index (κ2) is 12.0. The molecule has 6 nitrogen and oxygen atoms in total. The third-order valence-corrected chi connectivity index (χ3v) is 7.71. The molecule has 0 aliphatic carbocycles. The number of nitrogens with zero attached hydrogens (tertiary/aromatic N) is 1. The number of carbonyl (C=O) groups excluding carboxylic acids is 2. The van der Waals surface area contributed by atoms with Gasteiger partial charge in [-0.3, -0.25) is 9.59 Å². The van der Waals surface area contributed by atoms with E-state index in [2.05, 4.69) is 34.4 Å². The largest absolute Gasteiger partial charge is 0.350 e. The van der Waals surface area contributed by atoms with Crippen molar-refractivity contribution in [2.24, 2.45) is 5.73 Å². The van der Waals surface area contributed by atoms with Crippen LogP contribution in [0.3, 0.4) is 0 Å². The van der Waals surface area contributed by atoms with Gasteiger partial charge < -0.3 is 21.3 Å². The van der Waals surface area contributed by atoms with Crippen LogP contribution in [0.1, 0.15) is 48.0 Å². The fraction of sp³-hybridized carbons (Fsp3) is 0.407. The molecule has 1 saturated heterocycles. The third kappa shape index (κ3) is 6.41. The molecule has 3 atom stereocenters. The number of halogens is 1. The highest BCUT2D eigenvalue weighted by Gasteiger charge is 2.31. The van der Waals surface area contributed by atoms with E-state index in [1.54, 1.807) is 11.3 Å². The Morgan fingerprint density at radius 3 is 2.80 bits per heavy atom. The van der Waals surface area contributed by atoms with Gasteiger partial charge >= 0.3 is 0 Å². The van der Waals surface area contributed by atoms with Crippen molar-refractivity contribution in [3.63, 3.8) is 0 Å². The second-order valence-corrected chi connectivity index (χ2v) is 10.4. The van der Waals surface area contributed by atoms with Gasteiger partial charge in [0.25, 0.3) is 5.91 Å². The van der Waals surface area contributed by atoms with Gasteiger partial charge in [-0.15, -0.1) is 0 Å². The molecular weight excluding hydrogens is 480 g/mol. The standard InChI is InChI=1S/C27H33ClN4O2S/c1-2-18(22-9-12-35-17-22)16-32-11-8-24(31-25(7-10-29)27(32)34)15-30-26(33)21-4-3-20-14-23(28)6-5-19(20)13-21/h3-6,9,12-14,17-18,24-25,31H,2,7-8,10-11,15-16,29H2,1H3,(H,30,33)/t18?,24-,25?/m0/s1. The van der Waals surface area contributed by atoms with E-state index in [1.165, 1.54) is 5.56 Å². The van der Waals surface area contributed by atoms with Crippen LogP contribution >= 0.6 is 22.9 Å². The predicted octanol–water partition coefficient (Wildman–Crippen LogP) is 4.39.